The lowest BCUT2D eigenvalue weighted by Gasteiger charge is -2.18. The maximum atomic E-state index is 13.7. The lowest BCUT2D eigenvalue weighted by molar-refractivity contribution is 0.121. The number of halogens is 2. The van der Waals surface area contributed by atoms with E-state index < -0.39 is 11.6 Å². The van der Waals surface area contributed by atoms with E-state index in [-0.39, 0.29) is 17.8 Å². The zero-order valence-electron chi connectivity index (χ0n) is 9.39. The molecule has 0 amide bonds. The molecular weight excluding hydrogens is 212 g/mol. The third kappa shape index (κ3) is 2.02. The molecule has 1 aromatic carbocycles. The Morgan fingerprint density at radius 3 is 2.75 bits per heavy atom. The number of aryl methyl sites for hydroxylation is 1. The summed E-state index contributed by atoms with van der Waals surface area (Å²) in [5, 5.41) is 2.89. The van der Waals surface area contributed by atoms with Crippen LogP contribution in [0.5, 0.6) is 0 Å². The summed E-state index contributed by atoms with van der Waals surface area (Å²) < 4.78 is 32.5. The van der Waals surface area contributed by atoms with Crippen LogP contribution in [0.1, 0.15) is 18.9 Å². The van der Waals surface area contributed by atoms with Crippen LogP contribution in [-0.2, 0) is 4.74 Å². The molecule has 0 radical (unpaired) electrons. The van der Waals surface area contributed by atoms with Gasteiger partial charge in [0.25, 0.3) is 0 Å². The number of hydrogen-bond acceptors (Lipinski definition) is 2. The van der Waals surface area contributed by atoms with E-state index in [1.165, 1.54) is 12.1 Å². The van der Waals surface area contributed by atoms with Crippen LogP contribution in [0.25, 0.3) is 0 Å². The number of rotatable bonds is 2. The molecule has 1 heterocycles. The maximum absolute atomic E-state index is 13.7. The fourth-order valence-electron chi connectivity index (χ4n) is 1.90. The molecule has 1 saturated heterocycles. The molecule has 1 aliphatic heterocycles. The predicted octanol–water partition coefficient (Wildman–Crippen LogP) is 2.86. The Hall–Kier alpha value is -1.16. The lowest BCUT2D eigenvalue weighted by atomic mass is 10.1. The predicted molar refractivity (Wildman–Crippen MR) is 58.5 cm³/mol. The zero-order valence-corrected chi connectivity index (χ0v) is 9.39. The highest BCUT2D eigenvalue weighted by Gasteiger charge is 2.26. The van der Waals surface area contributed by atoms with E-state index in [0.29, 0.717) is 12.2 Å². The summed E-state index contributed by atoms with van der Waals surface area (Å²) in [6, 6.07) is 2.69. The van der Waals surface area contributed by atoms with Gasteiger partial charge in [-0.25, -0.2) is 8.78 Å². The summed E-state index contributed by atoms with van der Waals surface area (Å²) in [6.07, 6.45) is 0.757. The van der Waals surface area contributed by atoms with E-state index >= 15 is 0 Å². The molecule has 0 bridgehead atoms. The summed E-state index contributed by atoms with van der Waals surface area (Å²) >= 11 is 0. The van der Waals surface area contributed by atoms with Crippen LogP contribution in [0.3, 0.4) is 0 Å². The van der Waals surface area contributed by atoms with Gasteiger partial charge in [-0.05, 0) is 31.9 Å². The van der Waals surface area contributed by atoms with Gasteiger partial charge < -0.3 is 10.1 Å². The van der Waals surface area contributed by atoms with Crippen LogP contribution in [-0.4, -0.2) is 18.8 Å². The van der Waals surface area contributed by atoms with Gasteiger partial charge in [-0.1, -0.05) is 6.07 Å². The molecule has 2 unspecified atom stereocenters. The van der Waals surface area contributed by atoms with Crippen LogP contribution in [0.2, 0.25) is 0 Å². The largest absolute Gasteiger partial charge is 0.376 e. The van der Waals surface area contributed by atoms with Crippen molar-refractivity contribution in [2.45, 2.75) is 32.4 Å². The van der Waals surface area contributed by atoms with Crippen LogP contribution >= 0.6 is 0 Å². The molecule has 1 aliphatic rings. The highest BCUT2D eigenvalue weighted by Crippen LogP contribution is 2.25. The van der Waals surface area contributed by atoms with Gasteiger partial charge in [-0.15, -0.1) is 0 Å². The molecule has 2 rings (SSSR count). The van der Waals surface area contributed by atoms with Crippen LogP contribution in [0, 0.1) is 18.6 Å². The number of ether oxygens (including phenoxy) is 1. The zero-order chi connectivity index (χ0) is 11.7. The number of hydrogen-bond donors (Lipinski definition) is 1. The van der Waals surface area contributed by atoms with E-state index in [0.717, 1.165) is 6.42 Å². The van der Waals surface area contributed by atoms with E-state index in [1.807, 2.05) is 6.92 Å². The average molecular weight is 227 g/mol. The molecule has 2 atom stereocenters. The second-order valence-corrected chi connectivity index (χ2v) is 4.17. The van der Waals surface area contributed by atoms with Gasteiger partial charge in [-0.3, -0.25) is 0 Å². The molecule has 16 heavy (non-hydrogen) atoms. The molecular formula is C12H15F2NO. The van der Waals surface area contributed by atoms with Gasteiger partial charge in [0.05, 0.1) is 12.1 Å². The summed E-state index contributed by atoms with van der Waals surface area (Å²) in [4.78, 5) is 0. The molecule has 1 N–H and O–H groups in total. The minimum absolute atomic E-state index is 0.0145. The van der Waals surface area contributed by atoms with Crippen LogP contribution in [0.15, 0.2) is 12.1 Å². The molecule has 0 spiro atoms. The van der Waals surface area contributed by atoms with Crippen molar-refractivity contribution >= 4 is 5.69 Å². The molecule has 0 saturated carbocycles. The first-order valence-corrected chi connectivity index (χ1v) is 5.42. The van der Waals surface area contributed by atoms with Crippen molar-refractivity contribution in [1.29, 1.82) is 0 Å². The molecule has 2 nitrogen and oxygen atoms in total. The standard InChI is InChI=1S/C12H15F2NO/c1-7-3-4-9(13)12(11(7)14)15-10-5-6-16-8(10)2/h3-4,8,10,15H,5-6H2,1-2H3. The number of benzene rings is 1. The van der Waals surface area contributed by atoms with Crippen molar-refractivity contribution in [3.05, 3.63) is 29.3 Å². The van der Waals surface area contributed by atoms with Gasteiger partial charge in [0.1, 0.15) is 11.5 Å². The topological polar surface area (TPSA) is 21.3 Å². The summed E-state index contributed by atoms with van der Waals surface area (Å²) in [5.41, 5.74) is 0.401. The molecule has 0 aliphatic carbocycles. The smallest absolute Gasteiger partial charge is 0.152 e. The number of nitrogens with one attached hydrogen (secondary N) is 1. The van der Waals surface area contributed by atoms with E-state index in [2.05, 4.69) is 5.32 Å². The third-order valence-corrected chi connectivity index (χ3v) is 2.99. The minimum Gasteiger partial charge on any atom is -0.376 e. The third-order valence-electron chi connectivity index (χ3n) is 2.99. The Labute approximate surface area is 93.6 Å². The Bertz CT molecular complexity index is 395. The Balaban J connectivity index is 2.23. The van der Waals surface area contributed by atoms with E-state index in [4.69, 9.17) is 4.74 Å². The Kier molecular flexibility index (Phi) is 3.10. The molecule has 1 aromatic rings. The lowest BCUT2D eigenvalue weighted by Crippen LogP contribution is -2.27. The normalized spacial score (nSPS) is 24.8. The van der Waals surface area contributed by atoms with Crippen molar-refractivity contribution in [2.75, 3.05) is 11.9 Å². The van der Waals surface area contributed by atoms with Crippen LogP contribution < -0.4 is 5.32 Å². The maximum Gasteiger partial charge on any atom is 0.152 e. The minimum atomic E-state index is -0.554. The van der Waals surface area contributed by atoms with Gasteiger partial charge in [0.15, 0.2) is 5.82 Å². The first-order valence-electron chi connectivity index (χ1n) is 5.42. The van der Waals surface area contributed by atoms with Crippen LogP contribution in [0.4, 0.5) is 14.5 Å². The quantitative estimate of drug-likeness (QED) is 0.838. The van der Waals surface area contributed by atoms with E-state index in [9.17, 15) is 8.78 Å². The van der Waals surface area contributed by atoms with Gasteiger partial charge in [0, 0.05) is 6.61 Å². The molecule has 1 fully saturated rings. The summed E-state index contributed by atoms with van der Waals surface area (Å²) in [7, 11) is 0. The Morgan fingerprint density at radius 2 is 2.12 bits per heavy atom. The van der Waals surface area contributed by atoms with Crippen molar-refractivity contribution in [2.24, 2.45) is 0 Å². The molecule has 4 heteroatoms. The van der Waals surface area contributed by atoms with Gasteiger partial charge in [-0.2, -0.15) is 0 Å². The average Bonchev–Trinajstić information content (AvgIpc) is 2.65. The Morgan fingerprint density at radius 1 is 1.38 bits per heavy atom. The fraction of sp³-hybridized carbons (Fsp3) is 0.500. The molecule has 0 aromatic heterocycles. The van der Waals surface area contributed by atoms with E-state index in [1.54, 1.807) is 6.92 Å². The number of anilines is 1. The second-order valence-electron chi connectivity index (χ2n) is 4.17. The fourth-order valence-corrected chi connectivity index (χ4v) is 1.90. The van der Waals surface area contributed by atoms with Crippen molar-refractivity contribution in [1.82, 2.24) is 0 Å². The monoisotopic (exact) mass is 227 g/mol. The summed E-state index contributed by atoms with van der Waals surface area (Å²) in [5.74, 6) is -1.07. The second kappa shape index (κ2) is 4.37. The van der Waals surface area contributed by atoms with Gasteiger partial charge in [0.2, 0.25) is 0 Å². The van der Waals surface area contributed by atoms with Crippen molar-refractivity contribution in [3.63, 3.8) is 0 Å². The van der Waals surface area contributed by atoms with Crippen molar-refractivity contribution in [3.8, 4) is 0 Å². The highest BCUT2D eigenvalue weighted by molar-refractivity contribution is 5.50. The SMILES string of the molecule is Cc1ccc(F)c(NC2CCOC2C)c1F. The van der Waals surface area contributed by atoms with Crippen molar-refractivity contribution < 1.29 is 13.5 Å². The summed E-state index contributed by atoms with van der Waals surface area (Å²) in [6.45, 7) is 4.15. The van der Waals surface area contributed by atoms with Gasteiger partial charge >= 0.3 is 0 Å². The first kappa shape index (κ1) is 11.3. The highest BCUT2D eigenvalue weighted by atomic mass is 19.1. The molecule has 88 valence electrons. The first-order chi connectivity index (χ1) is 7.59.